The number of methoxy groups -OCH3 is 2. The van der Waals surface area contributed by atoms with E-state index in [0.717, 1.165) is 28.8 Å². The van der Waals surface area contributed by atoms with E-state index in [1.807, 2.05) is 31.2 Å². The average molecular weight is 477 g/mol. The van der Waals surface area contributed by atoms with E-state index in [1.165, 1.54) is 7.11 Å². The minimum Gasteiger partial charge on any atom is -0.453 e. The van der Waals surface area contributed by atoms with Gasteiger partial charge in [0.1, 0.15) is 5.82 Å². The van der Waals surface area contributed by atoms with Crippen molar-refractivity contribution in [2.45, 2.75) is 13.3 Å². The van der Waals surface area contributed by atoms with Gasteiger partial charge in [-0.15, -0.1) is 0 Å². The predicted molar refractivity (Wildman–Crippen MR) is 132 cm³/mol. The Hall–Kier alpha value is -4.05. The van der Waals surface area contributed by atoms with Gasteiger partial charge in [-0.3, -0.25) is 15.3 Å². The van der Waals surface area contributed by atoms with Crippen molar-refractivity contribution in [2.75, 3.05) is 44.5 Å². The van der Waals surface area contributed by atoms with Gasteiger partial charge in [0, 0.05) is 55.3 Å². The summed E-state index contributed by atoms with van der Waals surface area (Å²) in [6.45, 7) is 3.96. The largest absolute Gasteiger partial charge is 0.453 e. The lowest BCUT2D eigenvalue weighted by atomic mass is 10.0. The number of amides is 3. The first-order chi connectivity index (χ1) is 17.0. The number of hydrogen-bond acceptors (Lipinski definition) is 7. The van der Waals surface area contributed by atoms with Gasteiger partial charge in [-0.05, 0) is 49.2 Å². The maximum atomic E-state index is 12.8. The van der Waals surface area contributed by atoms with Crippen LogP contribution in [0.25, 0.3) is 22.4 Å². The number of ether oxygens (including phenoxy) is 2. The van der Waals surface area contributed by atoms with E-state index in [4.69, 9.17) is 4.74 Å². The van der Waals surface area contributed by atoms with Crippen molar-refractivity contribution in [3.8, 4) is 22.4 Å². The molecule has 0 aliphatic carbocycles. The summed E-state index contributed by atoms with van der Waals surface area (Å²) < 4.78 is 9.84. The normalized spacial score (nSPS) is 15.1. The van der Waals surface area contributed by atoms with E-state index in [-0.39, 0.29) is 6.03 Å². The molecule has 3 aromatic rings. The number of hydrogen-bond donors (Lipinski definition) is 2. The van der Waals surface area contributed by atoms with Gasteiger partial charge < -0.3 is 19.7 Å². The molecule has 0 bridgehead atoms. The van der Waals surface area contributed by atoms with Crippen LogP contribution in [0, 0.1) is 12.8 Å². The van der Waals surface area contributed by atoms with Crippen molar-refractivity contribution >= 4 is 23.6 Å². The Labute approximate surface area is 203 Å². The van der Waals surface area contributed by atoms with Gasteiger partial charge in [0.15, 0.2) is 0 Å². The summed E-state index contributed by atoms with van der Waals surface area (Å²) in [5.41, 5.74) is 4.71. The van der Waals surface area contributed by atoms with Crippen molar-refractivity contribution in [3.05, 3.63) is 54.6 Å². The van der Waals surface area contributed by atoms with Crippen molar-refractivity contribution in [2.24, 2.45) is 5.92 Å². The van der Waals surface area contributed by atoms with Crippen LogP contribution in [0.4, 0.5) is 21.1 Å². The molecular formula is C25H28N6O4. The zero-order valence-corrected chi connectivity index (χ0v) is 19.9. The summed E-state index contributed by atoms with van der Waals surface area (Å²) in [4.78, 5) is 39.2. The van der Waals surface area contributed by atoms with E-state index < -0.39 is 6.09 Å². The first kappa shape index (κ1) is 24.1. The Morgan fingerprint density at radius 2 is 1.86 bits per heavy atom. The highest BCUT2D eigenvalue weighted by atomic mass is 16.5. The van der Waals surface area contributed by atoms with Gasteiger partial charge in [0.2, 0.25) is 0 Å². The van der Waals surface area contributed by atoms with Crippen molar-refractivity contribution in [3.63, 3.8) is 0 Å². The van der Waals surface area contributed by atoms with Crippen molar-refractivity contribution < 1.29 is 19.1 Å². The van der Waals surface area contributed by atoms with E-state index in [1.54, 1.807) is 36.7 Å². The van der Waals surface area contributed by atoms with Crippen LogP contribution in [0.1, 0.15) is 12.1 Å². The van der Waals surface area contributed by atoms with E-state index in [2.05, 4.69) is 30.3 Å². The summed E-state index contributed by atoms with van der Waals surface area (Å²) in [7, 11) is 2.97. The number of urea groups is 1. The molecule has 3 amide bonds. The highest BCUT2D eigenvalue weighted by Gasteiger charge is 2.26. The summed E-state index contributed by atoms with van der Waals surface area (Å²) in [6, 6.07) is 9.13. The molecule has 1 atom stereocenters. The highest BCUT2D eigenvalue weighted by molar-refractivity contribution is 5.90. The lowest BCUT2D eigenvalue weighted by Crippen LogP contribution is -2.33. The monoisotopic (exact) mass is 476 g/mol. The molecule has 182 valence electrons. The highest BCUT2D eigenvalue weighted by Crippen LogP contribution is 2.29. The fourth-order valence-corrected chi connectivity index (χ4v) is 4.05. The second kappa shape index (κ2) is 10.9. The van der Waals surface area contributed by atoms with Crippen LogP contribution >= 0.6 is 0 Å². The van der Waals surface area contributed by atoms with Crippen LogP contribution in [-0.2, 0) is 9.47 Å². The molecule has 0 spiro atoms. The van der Waals surface area contributed by atoms with Crippen LogP contribution in [0.3, 0.4) is 0 Å². The number of anilines is 2. The molecule has 1 aliphatic heterocycles. The summed E-state index contributed by atoms with van der Waals surface area (Å²) in [6.07, 6.45) is 5.30. The van der Waals surface area contributed by atoms with Gasteiger partial charge in [-0.25, -0.2) is 14.6 Å². The number of aromatic nitrogens is 3. The Balaban J connectivity index is 1.54. The molecule has 0 unspecified atom stereocenters. The molecule has 10 nitrogen and oxygen atoms in total. The number of nitrogens with one attached hydrogen (secondary N) is 2. The number of nitrogens with zero attached hydrogens (tertiary/aromatic N) is 4. The van der Waals surface area contributed by atoms with Gasteiger partial charge in [-0.1, -0.05) is 0 Å². The van der Waals surface area contributed by atoms with Gasteiger partial charge in [-0.2, -0.15) is 0 Å². The number of rotatable bonds is 6. The fraction of sp³-hybridized carbons (Fsp3) is 0.320. The zero-order chi connectivity index (χ0) is 24.8. The Morgan fingerprint density at radius 1 is 1.06 bits per heavy atom. The van der Waals surface area contributed by atoms with Crippen LogP contribution < -0.4 is 10.6 Å². The lowest BCUT2D eigenvalue weighted by Gasteiger charge is -2.18. The van der Waals surface area contributed by atoms with Gasteiger partial charge in [0.25, 0.3) is 0 Å². The van der Waals surface area contributed by atoms with Crippen LogP contribution in [0.15, 0.2) is 48.9 Å². The van der Waals surface area contributed by atoms with Crippen LogP contribution in [0.2, 0.25) is 0 Å². The molecule has 35 heavy (non-hydrogen) atoms. The Bertz CT molecular complexity index is 1220. The smallest absolute Gasteiger partial charge is 0.412 e. The summed E-state index contributed by atoms with van der Waals surface area (Å²) in [5, 5.41) is 5.52. The molecule has 4 heterocycles. The molecular weight excluding hydrogens is 448 g/mol. The van der Waals surface area contributed by atoms with Crippen molar-refractivity contribution in [1.82, 2.24) is 19.9 Å². The number of likely N-dealkylation sites (tertiary alicyclic amines) is 1. The van der Waals surface area contributed by atoms with E-state index in [9.17, 15) is 9.59 Å². The first-order valence-corrected chi connectivity index (χ1v) is 11.3. The van der Waals surface area contributed by atoms with Crippen molar-refractivity contribution in [1.29, 1.82) is 0 Å². The number of carbonyl (C=O) groups is 2. The third-order valence-electron chi connectivity index (χ3n) is 5.86. The predicted octanol–water partition coefficient (Wildman–Crippen LogP) is 4.19. The maximum Gasteiger partial charge on any atom is 0.412 e. The molecule has 0 saturated carbocycles. The number of aryl methyl sites for hydroxylation is 1. The molecule has 2 N–H and O–H groups in total. The van der Waals surface area contributed by atoms with E-state index >= 15 is 0 Å². The Morgan fingerprint density at radius 3 is 2.66 bits per heavy atom. The molecule has 1 fully saturated rings. The molecule has 0 radical (unpaired) electrons. The number of pyridine rings is 3. The molecule has 1 saturated heterocycles. The topological polar surface area (TPSA) is 119 Å². The SMILES string of the molecule is COC[C@H]1CCN(C(=O)Nc2cnc(C)c(-c3ccnc(-c4ccnc(NC(=O)OC)c4)c3)c2)C1. The summed E-state index contributed by atoms with van der Waals surface area (Å²) >= 11 is 0. The molecule has 4 rings (SSSR count). The minimum absolute atomic E-state index is 0.141. The van der Waals surface area contributed by atoms with Gasteiger partial charge in [0.05, 0.1) is 31.3 Å². The fourth-order valence-electron chi connectivity index (χ4n) is 4.05. The molecule has 0 aromatic carbocycles. The quantitative estimate of drug-likeness (QED) is 0.547. The molecule has 1 aliphatic rings. The Kier molecular flexibility index (Phi) is 7.51. The second-order valence-electron chi connectivity index (χ2n) is 8.32. The lowest BCUT2D eigenvalue weighted by molar-refractivity contribution is 0.154. The summed E-state index contributed by atoms with van der Waals surface area (Å²) in [5.74, 6) is 0.725. The third-order valence-corrected chi connectivity index (χ3v) is 5.86. The van der Waals surface area contributed by atoms with E-state index in [0.29, 0.717) is 42.8 Å². The molecule has 3 aromatic heterocycles. The average Bonchev–Trinajstić information content (AvgIpc) is 3.34. The second-order valence-corrected chi connectivity index (χ2v) is 8.32. The number of carbonyl (C=O) groups excluding carboxylic acids is 2. The zero-order valence-electron chi connectivity index (χ0n) is 19.9. The standard InChI is InChI=1S/C25H28N6O4/c1-16-21(12-20(13-28-16)29-24(32)31-9-6-17(14-31)15-34-2)18-4-7-26-22(10-18)19-5-8-27-23(11-19)30-25(33)35-3/h4-5,7-8,10-13,17H,6,9,14-15H2,1-3H3,(H,29,32)(H,27,30,33)/t17-/m0/s1. The van der Waals surface area contributed by atoms with Crippen LogP contribution in [0.5, 0.6) is 0 Å². The maximum absolute atomic E-state index is 12.8. The van der Waals surface area contributed by atoms with Crippen LogP contribution in [-0.4, -0.2) is 65.9 Å². The minimum atomic E-state index is -0.597. The first-order valence-electron chi connectivity index (χ1n) is 11.3. The third kappa shape index (κ3) is 5.90. The van der Waals surface area contributed by atoms with Gasteiger partial charge >= 0.3 is 12.1 Å². The molecule has 10 heteroatoms.